The van der Waals surface area contributed by atoms with Crippen molar-refractivity contribution in [1.29, 1.82) is 0 Å². The zero-order valence-corrected chi connectivity index (χ0v) is 14.4. The van der Waals surface area contributed by atoms with Crippen LogP contribution in [-0.4, -0.2) is 11.8 Å². The standard InChI is InChI=1S/C20H22N2O2/c1-13-9-7-11-18(15(13)3)22-20(24)19(21-16(4)23)12-17-10-6-5-8-14(17)2/h5-12H,1-4H3,(H,21,23)(H,22,24). The summed E-state index contributed by atoms with van der Waals surface area (Å²) in [6.45, 7) is 7.29. The normalized spacial score (nSPS) is 11.1. The predicted molar refractivity (Wildman–Crippen MR) is 97.5 cm³/mol. The topological polar surface area (TPSA) is 58.2 Å². The van der Waals surface area contributed by atoms with Gasteiger partial charge in [0.25, 0.3) is 5.91 Å². The SMILES string of the molecule is CC(=O)NC(=Cc1ccccc1C)C(=O)Nc1cccc(C)c1C. The van der Waals surface area contributed by atoms with Crippen LogP contribution in [0.25, 0.3) is 6.08 Å². The van der Waals surface area contributed by atoms with Crippen molar-refractivity contribution in [3.05, 3.63) is 70.4 Å². The summed E-state index contributed by atoms with van der Waals surface area (Å²) in [4.78, 5) is 24.1. The van der Waals surface area contributed by atoms with E-state index in [0.29, 0.717) is 0 Å². The van der Waals surface area contributed by atoms with E-state index in [4.69, 9.17) is 0 Å². The van der Waals surface area contributed by atoms with Gasteiger partial charge in [0.1, 0.15) is 5.70 Å². The molecule has 2 amide bonds. The van der Waals surface area contributed by atoms with Gasteiger partial charge in [-0.15, -0.1) is 0 Å². The molecule has 2 aromatic carbocycles. The number of anilines is 1. The van der Waals surface area contributed by atoms with E-state index < -0.39 is 0 Å². The molecule has 0 heterocycles. The molecule has 2 N–H and O–H groups in total. The molecule has 0 aromatic heterocycles. The minimum atomic E-state index is -0.345. The van der Waals surface area contributed by atoms with Crippen molar-refractivity contribution in [3.8, 4) is 0 Å². The lowest BCUT2D eigenvalue weighted by Gasteiger charge is -2.13. The highest BCUT2D eigenvalue weighted by atomic mass is 16.2. The van der Waals surface area contributed by atoms with E-state index in [-0.39, 0.29) is 17.5 Å². The van der Waals surface area contributed by atoms with Gasteiger partial charge in [0, 0.05) is 12.6 Å². The van der Waals surface area contributed by atoms with Crippen LogP contribution in [0.2, 0.25) is 0 Å². The summed E-state index contributed by atoms with van der Waals surface area (Å²) in [5.41, 5.74) is 4.97. The molecular formula is C20H22N2O2. The number of aryl methyl sites for hydroxylation is 2. The van der Waals surface area contributed by atoms with Gasteiger partial charge in [-0.3, -0.25) is 9.59 Å². The Kier molecular flexibility index (Phi) is 5.53. The van der Waals surface area contributed by atoms with Crippen LogP contribution in [0.5, 0.6) is 0 Å². The third-order valence-electron chi connectivity index (χ3n) is 3.90. The summed E-state index contributed by atoms with van der Waals surface area (Å²) in [5.74, 6) is -0.631. The Morgan fingerprint density at radius 1 is 0.917 bits per heavy atom. The molecule has 0 unspecified atom stereocenters. The highest BCUT2D eigenvalue weighted by molar-refractivity contribution is 6.08. The summed E-state index contributed by atoms with van der Waals surface area (Å²) in [5, 5.41) is 5.49. The number of benzene rings is 2. The average molecular weight is 322 g/mol. The van der Waals surface area contributed by atoms with Crippen LogP contribution in [0, 0.1) is 20.8 Å². The van der Waals surface area contributed by atoms with Crippen LogP contribution in [0.4, 0.5) is 5.69 Å². The first-order chi connectivity index (χ1) is 11.4. The van der Waals surface area contributed by atoms with E-state index in [1.165, 1.54) is 6.92 Å². The van der Waals surface area contributed by atoms with Crippen LogP contribution in [0.15, 0.2) is 48.2 Å². The maximum atomic E-state index is 12.6. The van der Waals surface area contributed by atoms with E-state index in [1.807, 2.05) is 63.2 Å². The Labute approximate surface area is 142 Å². The van der Waals surface area contributed by atoms with Gasteiger partial charge in [-0.1, -0.05) is 36.4 Å². The van der Waals surface area contributed by atoms with Crippen molar-refractivity contribution in [2.75, 3.05) is 5.32 Å². The van der Waals surface area contributed by atoms with Gasteiger partial charge >= 0.3 is 0 Å². The quantitative estimate of drug-likeness (QED) is 0.843. The Morgan fingerprint density at radius 2 is 1.58 bits per heavy atom. The average Bonchev–Trinajstić information content (AvgIpc) is 2.52. The third-order valence-corrected chi connectivity index (χ3v) is 3.90. The number of hydrogen-bond acceptors (Lipinski definition) is 2. The molecule has 0 bridgehead atoms. The van der Waals surface area contributed by atoms with E-state index >= 15 is 0 Å². The molecule has 0 spiro atoms. The molecule has 24 heavy (non-hydrogen) atoms. The van der Waals surface area contributed by atoms with Gasteiger partial charge in [-0.2, -0.15) is 0 Å². The van der Waals surface area contributed by atoms with Crippen LogP contribution in [-0.2, 0) is 9.59 Å². The van der Waals surface area contributed by atoms with Gasteiger partial charge in [-0.05, 0) is 55.2 Å². The van der Waals surface area contributed by atoms with Crippen LogP contribution in [0.1, 0.15) is 29.2 Å². The summed E-state index contributed by atoms with van der Waals surface area (Å²) in [7, 11) is 0. The highest BCUT2D eigenvalue weighted by Crippen LogP contribution is 2.19. The molecule has 0 atom stereocenters. The number of rotatable bonds is 4. The molecule has 0 radical (unpaired) electrons. The Balaban J connectivity index is 2.34. The Hall–Kier alpha value is -2.88. The molecular weight excluding hydrogens is 300 g/mol. The van der Waals surface area contributed by atoms with E-state index in [2.05, 4.69) is 10.6 Å². The molecule has 4 nitrogen and oxygen atoms in total. The highest BCUT2D eigenvalue weighted by Gasteiger charge is 2.13. The van der Waals surface area contributed by atoms with Gasteiger partial charge in [0.15, 0.2) is 0 Å². The van der Waals surface area contributed by atoms with E-state index in [0.717, 1.165) is 27.9 Å². The number of carbonyl (C=O) groups is 2. The summed E-state index contributed by atoms with van der Waals surface area (Å²) in [6, 6.07) is 13.4. The van der Waals surface area contributed by atoms with Crippen molar-refractivity contribution >= 4 is 23.6 Å². The second-order valence-electron chi connectivity index (χ2n) is 5.80. The maximum Gasteiger partial charge on any atom is 0.272 e. The van der Waals surface area contributed by atoms with Gasteiger partial charge in [-0.25, -0.2) is 0 Å². The lowest BCUT2D eigenvalue weighted by molar-refractivity contribution is -0.120. The minimum absolute atomic E-state index is 0.220. The molecule has 0 aliphatic rings. The van der Waals surface area contributed by atoms with Gasteiger partial charge in [0.2, 0.25) is 5.91 Å². The number of hydrogen-bond donors (Lipinski definition) is 2. The zero-order valence-electron chi connectivity index (χ0n) is 14.4. The minimum Gasteiger partial charge on any atom is -0.322 e. The van der Waals surface area contributed by atoms with Crippen molar-refractivity contribution in [1.82, 2.24) is 5.32 Å². The monoisotopic (exact) mass is 322 g/mol. The fraction of sp³-hybridized carbons (Fsp3) is 0.200. The van der Waals surface area contributed by atoms with E-state index in [9.17, 15) is 9.59 Å². The lowest BCUT2D eigenvalue weighted by atomic mass is 10.1. The predicted octanol–water partition coefficient (Wildman–Crippen LogP) is 3.73. The fourth-order valence-electron chi connectivity index (χ4n) is 2.33. The molecule has 2 aromatic rings. The number of nitrogens with one attached hydrogen (secondary N) is 2. The number of carbonyl (C=O) groups excluding carboxylic acids is 2. The molecule has 0 aliphatic carbocycles. The zero-order chi connectivity index (χ0) is 17.7. The molecule has 0 saturated heterocycles. The molecule has 4 heteroatoms. The third kappa shape index (κ3) is 4.32. The summed E-state index contributed by atoms with van der Waals surface area (Å²) in [6.07, 6.45) is 1.69. The summed E-state index contributed by atoms with van der Waals surface area (Å²) >= 11 is 0. The Morgan fingerprint density at radius 3 is 2.25 bits per heavy atom. The van der Waals surface area contributed by atoms with Crippen LogP contribution >= 0.6 is 0 Å². The van der Waals surface area contributed by atoms with Crippen molar-refractivity contribution < 1.29 is 9.59 Å². The van der Waals surface area contributed by atoms with Crippen molar-refractivity contribution in [2.24, 2.45) is 0 Å². The molecule has 2 rings (SSSR count). The van der Waals surface area contributed by atoms with Gasteiger partial charge in [0.05, 0.1) is 0 Å². The second-order valence-corrected chi connectivity index (χ2v) is 5.80. The first-order valence-corrected chi connectivity index (χ1v) is 7.81. The second kappa shape index (κ2) is 7.59. The first kappa shape index (κ1) is 17.5. The molecule has 0 aliphatic heterocycles. The van der Waals surface area contributed by atoms with Crippen LogP contribution < -0.4 is 10.6 Å². The molecule has 0 fully saturated rings. The lowest BCUT2D eigenvalue weighted by Crippen LogP contribution is -2.29. The maximum absolute atomic E-state index is 12.6. The first-order valence-electron chi connectivity index (χ1n) is 7.81. The van der Waals surface area contributed by atoms with Crippen molar-refractivity contribution in [2.45, 2.75) is 27.7 Å². The molecule has 124 valence electrons. The van der Waals surface area contributed by atoms with E-state index in [1.54, 1.807) is 6.08 Å². The molecule has 0 saturated carbocycles. The van der Waals surface area contributed by atoms with Crippen molar-refractivity contribution in [3.63, 3.8) is 0 Å². The van der Waals surface area contributed by atoms with Gasteiger partial charge < -0.3 is 10.6 Å². The fourth-order valence-corrected chi connectivity index (χ4v) is 2.33. The summed E-state index contributed by atoms with van der Waals surface area (Å²) < 4.78 is 0. The Bertz CT molecular complexity index is 807. The largest absolute Gasteiger partial charge is 0.322 e. The smallest absolute Gasteiger partial charge is 0.272 e. The van der Waals surface area contributed by atoms with Crippen LogP contribution in [0.3, 0.4) is 0 Å². The number of amides is 2.